The second-order valence-electron chi connectivity index (χ2n) is 0. The SMILES string of the molecule is O.O.O.O.O.O.O.O.O.O.O.O.O.O.O.O.O.O.O.O.O.O.O.O.O.O.O.O.O.O.[KH].[KH].[KH].[KH].[KH].[KH].[KH].[KH].[KH].[KH].[KH].[KH].[KH].[KH].[KH].[KH].[KH].[KH].[KH].[KH]. The predicted octanol–water partition coefficient (Wildman–Crippen LogP) is -37.7. The molecule has 0 unspecified atom stereocenters. The molecular formula is H80K20O30. The Hall–Kier alpha value is 31.5. The molecule has 0 aromatic heterocycles. The van der Waals surface area contributed by atoms with Crippen LogP contribution in [0.2, 0.25) is 0 Å². The quantitative estimate of drug-likeness (QED) is 0.204. The molecule has 0 radical (unpaired) electrons. The molecule has 0 heterocycles. The van der Waals surface area contributed by atoms with Gasteiger partial charge in [0.2, 0.25) is 0 Å². The molecule has 0 atom stereocenters. The van der Waals surface area contributed by atoms with Crippen molar-refractivity contribution in [2.24, 2.45) is 0 Å². The third-order valence-corrected chi connectivity index (χ3v) is 0. The van der Waals surface area contributed by atoms with Gasteiger partial charge >= 0.3 is 1030 Å². The van der Waals surface area contributed by atoms with Crippen molar-refractivity contribution in [1.29, 1.82) is 0 Å². The van der Waals surface area contributed by atoms with Gasteiger partial charge in [-0.1, -0.05) is 0 Å². The van der Waals surface area contributed by atoms with Crippen LogP contribution in [-0.4, -0.2) is 1190 Å². The molecule has 0 aromatic carbocycles. The van der Waals surface area contributed by atoms with Crippen LogP contribution in [0.5, 0.6) is 0 Å². The van der Waals surface area contributed by atoms with Crippen LogP contribution in [0.1, 0.15) is 0 Å². The maximum atomic E-state index is 0. The fraction of sp³-hybridized carbons (Fsp3) is 0. The number of hydrogen-bond donors (Lipinski definition) is 0. The summed E-state index contributed by atoms with van der Waals surface area (Å²) in [5, 5.41) is 0. The van der Waals surface area contributed by atoms with E-state index in [1.807, 2.05) is 0 Å². The Morgan fingerprint density at radius 2 is 0.0400 bits per heavy atom. The van der Waals surface area contributed by atoms with E-state index in [0.29, 0.717) is 0 Å². The molecule has 0 aliphatic carbocycles. The summed E-state index contributed by atoms with van der Waals surface area (Å²) >= 11 is 0. The fourth-order valence-corrected chi connectivity index (χ4v) is 0. The van der Waals surface area contributed by atoms with Crippen molar-refractivity contribution in [3.05, 3.63) is 0 Å². The van der Waals surface area contributed by atoms with Gasteiger partial charge in [-0.3, -0.25) is 0 Å². The van der Waals surface area contributed by atoms with Crippen LogP contribution in [0.4, 0.5) is 0 Å². The summed E-state index contributed by atoms with van der Waals surface area (Å²) in [5.41, 5.74) is 0. The fourth-order valence-electron chi connectivity index (χ4n) is 0. The number of rotatable bonds is 0. The Kier molecular flexibility index (Phi) is 5450. The van der Waals surface area contributed by atoms with Crippen LogP contribution in [0, 0.1) is 0 Å². The van der Waals surface area contributed by atoms with E-state index in [1.165, 1.54) is 0 Å². The zero-order chi connectivity index (χ0) is 0. The van der Waals surface area contributed by atoms with Crippen LogP contribution in [0.15, 0.2) is 0 Å². The average Bonchev–Trinajstić information content (AvgIpc) is 0. The van der Waals surface area contributed by atoms with Crippen molar-refractivity contribution in [3.8, 4) is 0 Å². The first-order valence-corrected chi connectivity index (χ1v) is 0. The molecule has 0 amide bonds. The average molecular weight is 1340 g/mol. The van der Waals surface area contributed by atoms with Gasteiger partial charge < -0.3 is 164 Å². The van der Waals surface area contributed by atoms with Gasteiger partial charge in [0, 0.05) is 0 Å². The topological polar surface area (TPSA) is 945 Å². The van der Waals surface area contributed by atoms with Gasteiger partial charge in [0.1, 0.15) is 0 Å². The second kappa shape index (κ2) is 512. The molecule has 0 aromatic rings. The van der Waals surface area contributed by atoms with E-state index < -0.39 is 0 Å². The number of hydrogen-bond acceptors (Lipinski definition) is 0. The third kappa shape index (κ3) is 493. The maximum absolute atomic E-state index is 0. The van der Waals surface area contributed by atoms with Crippen molar-refractivity contribution in [2.45, 2.75) is 0 Å². The third-order valence-electron chi connectivity index (χ3n) is 0. The molecule has 0 bridgehead atoms. The van der Waals surface area contributed by atoms with E-state index >= 15 is 0 Å². The minimum absolute atomic E-state index is 0. The zero-order valence-corrected chi connectivity index (χ0v) is 15.0. The predicted molar refractivity (Wildman–Crippen MR) is 251 cm³/mol. The first-order valence-electron chi connectivity index (χ1n) is 0. The van der Waals surface area contributed by atoms with Crippen LogP contribution < -0.4 is 0 Å². The van der Waals surface area contributed by atoms with E-state index in [0.717, 1.165) is 0 Å². The van der Waals surface area contributed by atoms with Crippen LogP contribution in [-0.2, 0) is 0 Å². The molecule has 50 heavy (non-hydrogen) atoms. The summed E-state index contributed by atoms with van der Waals surface area (Å²) in [6, 6.07) is 0. The molecular weight excluding hydrogens is 1260 g/mol. The molecule has 0 aliphatic heterocycles. The van der Waals surface area contributed by atoms with Crippen LogP contribution >= 0.6 is 0 Å². The second-order valence-corrected chi connectivity index (χ2v) is 0. The van der Waals surface area contributed by atoms with E-state index in [-0.39, 0.29) is 1190 Å². The van der Waals surface area contributed by atoms with Crippen molar-refractivity contribution in [1.82, 2.24) is 0 Å². The first-order chi connectivity index (χ1) is 0. The summed E-state index contributed by atoms with van der Waals surface area (Å²) < 4.78 is 0. The minimum atomic E-state index is 0. The van der Waals surface area contributed by atoms with Gasteiger partial charge in [0.25, 0.3) is 0 Å². The molecule has 0 saturated heterocycles. The van der Waals surface area contributed by atoms with Gasteiger partial charge in [-0.2, -0.15) is 0 Å². The monoisotopic (exact) mass is 1340 g/mol. The van der Waals surface area contributed by atoms with Crippen LogP contribution in [0.25, 0.3) is 0 Å². The van der Waals surface area contributed by atoms with Gasteiger partial charge in [-0.05, 0) is 0 Å². The van der Waals surface area contributed by atoms with E-state index in [1.54, 1.807) is 0 Å². The van der Waals surface area contributed by atoms with E-state index in [4.69, 9.17) is 0 Å². The van der Waals surface area contributed by atoms with Gasteiger partial charge in [0.15, 0.2) is 0 Å². The van der Waals surface area contributed by atoms with Gasteiger partial charge in [0.05, 0.1) is 0 Å². The van der Waals surface area contributed by atoms with E-state index in [2.05, 4.69) is 0 Å². The Balaban J connectivity index is 0. The van der Waals surface area contributed by atoms with E-state index in [9.17, 15) is 0 Å². The summed E-state index contributed by atoms with van der Waals surface area (Å²) in [6.07, 6.45) is 0. The Bertz CT molecular complexity index is 48.5. The molecule has 0 saturated carbocycles. The normalized spacial score (nSPS) is 0. The Labute approximate surface area is 1140 Å². The molecule has 280 valence electrons. The molecule has 30 nitrogen and oxygen atoms in total. The molecule has 0 spiro atoms. The van der Waals surface area contributed by atoms with Crippen molar-refractivity contribution < 1.29 is 164 Å². The molecule has 0 rings (SSSR count). The summed E-state index contributed by atoms with van der Waals surface area (Å²) in [7, 11) is 0. The van der Waals surface area contributed by atoms with Crippen molar-refractivity contribution in [3.63, 3.8) is 0 Å². The molecule has 0 fully saturated rings. The van der Waals surface area contributed by atoms with Gasteiger partial charge in [-0.15, -0.1) is 0 Å². The summed E-state index contributed by atoms with van der Waals surface area (Å²) in [4.78, 5) is 0. The first kappa shape index (κ1) is 532. The Morgan fingerprint density at radius 1 is 0.0400 bits per heavy atom. The zero-order valence-electron chi connectivity index (χ0n) is 15.0. The van der Waals surface area contributed by atoms with Crippen molar-refractivity contribution >= 4 is 1030 Å². The molecule has 0 aliphatic rings. The Morgan fingerprint density at radius 3 is 0.0400 bits per heavy atom. The molecule has 50 heteroatoms. The summed E-state index contributed by atoms with van der Waals surface area (Å²) in [6.45, 7) is 0. The molecule has 60 N–H and O–H groups in total. The summed E-state index contributed by atoms with van der Waals surface area (Å²) in [5.74, 6) is 0. The van der Waals surface area contributed by atoms with Crippen molar-refractivity contribution in [2.75, 3.05) is 0 Å². The standard InChI is InChI=1S/20K.30H2O.20H/h;;;;;;;;;;;;;;;;;;;;30*1H2;;;;;;;;;;;;;;;;;;;;. The van der Waals surface area contributed by atoms with Gasteiger partial charge in [-0.25, -0.2) is 0 Å². The van der Waals surface area contributed by atoms with Crippen LogP contribution in [0.3, 0.4) is 0 Å².